The lowest BCUT2D eigenvalue weighted by Crippen LogP contribution is -2.21. The molecule has 1 N–H and O–H groups in total. The van der Waals surface area contributed by atoms with Crippen molar-refractivity contribution in [1.29, 1.82) is 0 Å². The van der Waals surface area contributed by atoms with E-state index in [1.807, 2.05) is 0 Å². The fraction of sp³-hybridized carbons (Fsp3) is 0.0400. The second-order valence-electron chi connectivity index (χ2n) is 6.92. The highest BCUT2D eigenvalue weighted by Crippen LogP contribution is 2.42. The molecule has 4 aromatic carbocycles. The van der Waals surface area contributed by atoms with Gasteiger partial charge in [0.25, 0.3) is 0 Å². The van der Waals surface area contributed by atoms with Gasteiger partial charge in [0.1, 0.15) is 0 Å². The normalized spacial score (nSPS) is 13.1. The van der Waals surface area contributed by atoms with E-state index in [1.54, 1.807) is 0 Å². The van der Waals surface area contributed by atoms with Gasteiger partial charge < -0.3 is 10.2 Å². The molecule has 0 atom stereocenters. The Bertz CT molecular complexity index is 1160. The SMILES string of the molecule is Cc1ccc(C2=CNc3ccccc3N2c2ccc3ccccc3c2)cc1. The predicted molar refractivity (Wildman–Crippen MR) is 115 cm³/mol. The number of para-hydroxylation sites is 2. The Balaban J connectivity index is 1.70. The number of rotatable bonds is 2. The first kappa shape index (κ1) is 15.7. The van der Waals surface area contributed by atoms with Crippen LogP contribution in [0.1, 0.15) is 11.1 Å². The number of hydrogen-bond donors (Lipinski definition) is 1. The van der Waals surface area contributed by atoms with E-state index in [9.17, 15) is 0 Å². The van der Waals surface area contributed by atoms with Crippen molar-refractivity contribution in [2.45, 2.75) is 6.92 Å². The van der Waals surface area contributed by atoms with E-state index in [4.69, 9.17) is 0 Å². The first-order valence-electron chi connectivity index (χ1n) is 9.21. The van der Waals surface area contributed by atoms with Crippen molar-refractivity contribution in [2.75, 3.05) is 10.2 Å². The minimum absolute atomic E-state index is 1.11. The predicted octanol–water partition coefficient (Wildman–Crippen LogP) is 6.71. The fourth-order valence-corrected chi connectivity index (χ4v) is 3.66. The maximum absolute atomic E-state index is 3.46. The molecule has 0 radical (unpaired) electrons. The zero-order chi connectivity index (χ0) is 18.2. The number of anilines is 3. The Hall–Kier alpha value is -3.52. The lowest BCUT2D eigenvalue weighted by atomic mass is 10.0. The molecule has 0 saturated carbocycles. The molecule has 2 nitrogen and oxygen atoms in total. The van der Waals surface area contributed by atoms with Gasteiger partial charge in [-0.2, -0.15) is 0 Å². The minimum atomic E-state index is 1.11. The van der Waals surface area contributed by atoms with Crippen LogP contribution in [0.15, 0.2) is 97.2 Å². The summed E-state index contributed by atoms with van der Waals surface area (Å²) in [4.78, 5) is 2.34. The highest BCUT2D eigenvalue weighted by atomic mass is 15.2. The van der Waals surface area contributed by atoms with E-state index < -0.39 is 0 Å². The summed E-state index contributed by atoms with van der Waals surface area (Å²) in [5.74, 6) is 0. The maximum Gasteiger partial charge on any atom is 0.0697 e. The van der Waals surface area contributed by atoms with Gasteiger partial charge in [-0.1, -0.05) is 72.3 Å². The summed E-state index contributed by atoms with van der Waals surface area (Å²) >= 11 is 0. The maximum atomic E-state index is 3.46. The summed E-state index contributed by atoms with van der Waals surface area (Å²) in [6, 6.07) is 32.3. The molecule has 0 unspecified atom stereocenters. The van der Waals surface area contributed by atoms with Crippen LogP contribution in [0.4, 0.5) is 17.1 Å². The van der Waals surface area contributed by atoms with Gasteiger partial charge in [-0.25, -0.2) is 0 Å². The van der Waals surface area contributed by atoms with E-state index in [2.05, 4.69) is 114 Å². The monoisotopic (exact) mass is 348 g/mol. The fourth-order valence-electron chi connectivity index (χ4n) is 3.66. The highest BCUT2D eigenvalue weighted by molar-refractivity contribution is 5.98. The van der Waals surface area contributed by atoms with E-state index in [-0.39, 0.29) is 0 Å². The molecule has 1 aliphatic heterocycles. The summed E-state index contributed by atoms with van der Waals surface area (Å²) in [7, 11) is 0. The van der Waals surface area contributed by atoms with Gasteiger partial charge in [0.2, 0.25) is 0 Å². The lowest BCUT2D eigenvalue weighted by molar-refractivity contribution is 1.26. The standard InChI is InChI=1S/C25H20N2/c1-18-10-12-20(13-11-18)25-17-26-23-8-4-5-9-24(23)27(25)22-15-14-19-6-2-3-7-21(19)16-22/h2-17,26H,1H3. The largest absolute Gasteiger partial charge is 0.358 e. The van der Waals surface area contributed by atoms with Crippen molar-refractivity contribution in [3.63, 3.8) is 0 Å². The third kappa shape index (κ3) is 2.76. The van der Waals surface area contributed by atoms with Gasteiger partial charge in [-0.3, -0.25) is 0 Å². The number of aryl methyl sites for hydroxylation is 1. The van der Waals surface area contributed by atoms with Crippen LogP contribution in [0.2, 0.25) is 0 Å². The van der Waals surface area contributed by atoms with Crippen LogP contribution in [-0.2, 0) is 0 Å². The summed E-state index contributed by atoms with van der Waals surface area (Å²) < 4.78 is 0. The van der Waals surface area contributed by atoms with Crippen molar-refractivity contribution < 1.29 is 0 Å². The highest BCUT2D eigenvalue weighted by Gasteiger charge is 2.22. The Labute approximate surface area is 159 Å². The minimum Gasteiger partial charge on any atom is -0.358 e. The van der Waals surface area contributed by atoms with Gasteiger partial charge >= 0.3 is 0 Å². The molecule has 130 valence electrons. The van der Waals surface area contributed by atoms with Gasteiger partial charge in [0.05, 0.1) is 17.1 Å². The Morgan fingerprint density at radius 3 is 2.30 bits per heavy atom. The van der Waals surface area contributed by atoms with Crippen LogP contribution < -0.4 is 10.2 Å². The van der Waals surface area contributed by atoms with Crippen molar-refractivity contribution in [1.82, 2.24) is 0 Å². The van der Waals surface area contributed by atoms with Crippen molar-refractivity contribution in [3.8, 4) is 0 Å². The van der Waals surface area contributed by atoms with E-state index in [0.29, 0.717) is 0 Å². The van der Waals surface area contributed by atoms with Gasteiger partial charge in [0, 0.05) is 17.5 Å². The molecule has 0 spiro atoms. The molecule has 2 heteroatoms. The molecule has 27 heavy (non-hydrogen) atoms. The number of nitrogens with one attached hydrogen (secondary N) is 1. The molecule has 0 fully saturated rings. The zero-order valence-electron chi connectivity index (χ0n) is 15.2. The van der Waals surface area contributed by atoms with E-state index in [0.717, 1.165) is 22.8 Å². The molecule has 1 aliphatic rings. The van der Waals surface area contributed by atoms with E-state index >= 15 is 0 Å². The quantitative estimate of drug-likeness (QED) is 0.433. The lowest BCUT2D eigenvalue weighted by Gasteiger charge is -2.33. The number of nitrogens with zero attached hydrogens (tertiary/aromatic N) is 1. The van der Waals surface area contributed by atoms with Gasteiger partial charge in [0.15, 0.2) is 0 Å². The molecule has 0 aliphatic carbocycles. The molecule has 0 amide bonds. The second kappa shape index (κ2) is 6.33. The molecule has 0 saturated heterocycles. The average molecular weight is 348 g/mol. The second-order valence-corrected chi connectivity index (χ2v) is 6.92. The Morgan fingerprint density at radius 1 is 0.704 bits per heavy atom. The molecular formula is C25H20N2. The number of hydrogen-bond acceptors (Lipinski definition) is 2. The van der Waals surface area contributed by atoms with Crippen molar-refractivity contribution >= 4 is 33.5 Å². The van der Waals surface area contributed by atoms with Crippen LogP contribution in [0.25, 0.3) is 16.5 Å². The summed E-state index contributed by atoms with van der Waals surface area (Å²) in [5, 5.41) is 5.96. The first-order valence-corrected chi connectivity index (χ1v) is 9.21. The van der Waals surface area contributed by atoms with Crippen molar-refractivity contribution in [3.05, 3.63) is 108 Å². The Kier molecular flexibility index (Phi) is 3.68. The third-order valence-corrected chi connectivity index (χ3v) is 5.09. The summed E-state index contributed by atoms with van der Waals surface area (Å²) in [6.45, 7) is 2.12. The van der Waals surface area contributed by atoms with Crippen molar-refractivity contribution in [2.24, 2.45) is 0 Å². The van der Waals surface area contributed by atoms with Crippen LogP contribution >= 0.6 is 0 Å². The molecule has 5 rings (SSSR count). The molecular weight excluding hydrogens is 328 g/mol. The first-order chi connectivity index (χ1) is 13.3. The number of benzene rings is 4. The summed E-state index contributed by atoms with van der Waals surface area (Å²) in [5.41, 5.74) is 7.03. The zero-order valence-corrected chi connectivity index (χ0v) is 15.2. The molecule has 4 aromatic rings. The van der Waals surface area contributed by atoms with Gasteiger partial charge in [-0.15, -0.1) is 0 Å². The molecule has 1 heterocycles. The van der Waals surface area contributed by atoms with Crippen LogP contribution in [0.3, 0.4) is 0 Å². The number of fused-ring (bicyclic) bond motifs is 2. The smallest absolute Gasteiger partial charge is 0.0697 e. The summed E-state index contributed by atoms with van der Waals surface area (Å²) in [6.07, 6.45) is 2.10. The molecule has 0 bridgehead atoms. The van der Waals surface area contributed by atoms with Gasteiger partial charge in [-0.05, 0) is 42.0 Å². The van der Waals surface area contributed by atoms with E-state index in [1.165, 1.54) is 21.9 Å². The topological polar surface area (TPSA) is 15.3 Å². The van der Waals surface area contributed by atoms with Crippen LogP contribution in [0.5, 0.6) is 0 Å². The average Bonchev–Trinajstić information content (AvgIpc) is 2.73. The Morgan fingerprint density at radius 2 is 1.44 bits per heavy atom. The molecule has 0 aromatic heterocycles. The van der Waals surface area contributed by atoms with Crippen LogP contribution in [-0.4, -0.2) is 0 Å². The third-order valence-electron chi connectivity index (χ3n) is 5.09. The van der Waals surface area contributed by atoms with Crippen LogP contribution in [0, 0.1) is 6.92 Å².